The number of aromatic amines is 1. The number of benzene rings is 2. The maximum absolute atomic E-state index is 14.1. The molecule has 0 unspecified atom stereocenters. The first-order chi connectivity index (χ1) is 24.6. The van der Waals surface area contributed by atoms with Crippen LogP contribution in [-0.4, -0.2) is 129 Å². The molecule has 51 heavy (non-hydrogen) atoms. The third-order valence-electron chi connectivity index (χ3n) is 10.4. The molecule has 14 nitrogen and oxygen atoms in total. The normalized spacial score (nSPS) is 18.5. The molecule has 0 spiro atoms. The zero-order chi connectivity index (χ0) is 36.1. The van der Waals surface area contributed by atoms with Crippen LogP contribution in [0.25, 0.3) is 11.4 Å². The van der Waals surface area contributed by atoms with Gasteiger partial charge in [0, 0.05) is 70.4 Å². The highest BCUT2D eigenvalue weighted by Gasteiger charge is 2.36. The molecule has 0 bridgehead atoms. The Balaban J connectivity index is 1.08. The van der Waals surface area contributed by atoms with Crippen LogP contribution >= 0.6 is 0 Å². The fraction of sp³-hybridized carbons (Fsp3) is 0.541. The van der Waals surface area contributed by atoms with Gasteiger partial charge in [-0.25, -0.2) is 19.1 Å². The van der Waals surface area contributed by atoms with Crippen LogP contribution in [0, 0.1) is 13.8 Å². The average Bonchev–Trinajstić information content (AvgIpc) is 3.55. The van der Waals surface area contributed by atoms with Gasteiger partial charge in [-0.05, 0) is 63.1 Å². The van der Waals surface area contributed by atoms with Gasteiger partial charge in [-0.3, -0.25) is 14.7 Å². The summed E-state index contributed by atoms with van der Waals surface area (Å²) in [5.74, 6) is 0.478. The number of aryl methyl sites for hydroxylation is 2. The number of phenols is 1. The van der Waals surface area contributed by atoms with E-state index >= 15 is 0 Å². The molecular formula is C37H49N7O7. The van der Waals surface area contributed by atoms with Crippen LogP contribution in [0.4, 0.5) is 9.59 Å². The van der Waals surface area contributed by atoms with E-state index in [1.54, 1.807) is 21.6 Å². The van der Waals surface area contributed by atoms with Gasteiger partial charge in [-0.2, -0.15) is 0 Å². The maximum Gasteiger partial charge on any atom is 0.410 e. The van der Waals surface area contributed by atoms with Gasteiger partial charge in [0.05, 0.1) is 12.6 Å². The number of piperazine rings is 1. The van der Waals surface area contributed by atoms with Crippen LogP contribution < -0.4 is 5.69 Å². The van der Waals surface area contributed by atoms with E-state index in [0.717, 1.165) is 37.1 Å². The number of ether oxygens (including phenoxy) is 2. The molecular weight excluding hydrogens is 654 g/mol. The Hall–Kier alpha value is -4.85. The van der Waals surface area contributed by atoms with Crippen LogP contribution in [0.15, 0.2) is 47.3 Å². The van der Waals surface area contributed by atoms with Crippen molar-refractivity contribution in [1.82, 2.24) is 34.4 Å². The minimum atomic E-state index is -1.04. The van der Waals surface area contributed by atoms with E-state index in [9.17, 15) is 24.3 Å². The van der Waals surface area contributed by atoms with E-state index in [1.165, 1.54) is 4.68 Å². The fourth-order valence-corrected chi connectivity index (χ4v) is 7.50. The van der Waals surface area contributed by atoms with Gasteiger partial charge in [0.2, 0.25) is 0 Å². The molecule has 3 amide bonds. The minimum absolute atomic E-state index is 0.176. The summed E-state index contributed by atoms with van der Waals surface area (Å²) in [5.41, 5.74) is 2.72. The molecule has 3 aliphatic rings. The number of aromatic nitrogens is 3. The molecule has 3 saturated heterocycles. The van der Waals surface area contributed by atoms with Crippen molar-refractivity contribution in [1.29, 1.82) is 0 Å². The second kappa shape index (κ2) is 16.0. The van der Waals surface area contributed by atoms with Gasteiger partial charge in [0.25, 0.3) is 5.91 Å². The van der Waals surface area contributed by atoms with Crippen molar-refractivity contribution in [3.05, 3.63) is 69.6 Å². The lowest BCUT2D eigenvalue weighted by atomic mass is 9.98. The molecule has 4 heterocycles. The van der Waals surface area contributed by atoms with Gasteiger partial charge in [-0.15, -0.1) is 5.10 Å². The van der Waals surface area contributed by atoms with E-state index in [4.69, 9.17) is 9.47 Å². The summed E-state index contributed by atoms with van der Waals surface area (Å²) in [6.07, 6.45) is 0.925. The third kappa shape index (κ3) is 8.38. The number of carbonyl (C=O) groups excluding carboxylic acids is 3. The predicted molar refractivity (Wildman–Crippen MR) is 189 cm³/mol. The van der Waals surface area contributed by atoms with Crippen molar-refractivity contribution < 1.29 is 29.0 Å². The van der Waals surface area contributed by atoms with Crippen molar-refractivity contribution in [3.63, 3.8) is 0 Å². The second-order valence-electron chi connectivity index (χ2n) is 13.7. The summed E-state index contributed by atoms with van der Waals surface area (Å²) in [4.78, 5) is 62.9. The Labute approximate surface area is 297 Å². The zero-order valence-electron chi connectivity index (χ0n) is 29.8. The van der Waals surface area contributed by atoms with E-state index in [2.05, 4.69) is 15.0 Å². The number of nitrogens with zero attached hydrogens (tertiary/aromatic N) is 6. The van der Waals surface area contributed by atoms with Gasteiger partial charge in [0.1, 0.15) is 5.75 Å². The molecule has 2 N–H and O–H groups in total. The first-order valence-electron chi connectivity index (χ1n) is 18.0. The van der Waals surface area contributed by atoms with E-state index in [1.807, 2.05) is 56.3 Å². The lowest BCUT2D eigenvalue weighted by Crippen LogP contribution is -2.55. The largest absolute Gasteiger partial charge is 0.507 e. The van der Waals surface area contributed by atoms with Gasteiger partial charge in [0.15, 0.2) is 11.9 Å². The molecule has 0 aliphatic carbocycles. The SMILES string of the molecule is CCOC(=O)N1CCN(C2CCN(C(=O)[C@@H](Cc3cc(C)c(O)c(C)c3)OC(=O)N3CCC(n4nc(-c5ccccc5)[nH]c4=O)CC3)CC2)CC1. The van der Waals surface area contributed by atoms with Crippen molar-refractivity contribution in [2.75, 3.05) is 59.0 Å². The molecule has 3 fully saturated rings. The number of H-pyrrole nitrogens is 1. The van der Waals surface area contributed by atoms with E-state index in [0.29, 0.717) is 81.7 Å². The number of hydrogen-bond donors (Lipinski definition) is 2. The van der Waals surface area contributed by atoms with Crippen molar-refractivity contribution in [2.24, 2.45) is 0 Å². The van der Waals surface area contributed by atoms with Crippen LogP contribution in [0.5, 0.6) is 5.75 Å². The number of likely N-dealkylation sites (tertiary alicyclic amines) is 2. The Morgan fingerprint density at radius 2 is 1.43 bits per heavy atom. The highest BCUT2D eigenvalue weighted by atomic mass is 16.6. The predicted octanol–water partition coefficient (Wildman–Crippen LogP) is 3.71. The number of amides is 3. The van der Waals surface area contributed by atoms with Crippen LogP contribution in [-0.2, 0) is 20.7 Å². The molecule has 2 aromatic carbocycles. The first kappa shape index (κ1) is 36.0. The van der Waals surface area contributed by atoms with Crippen molar-refractivity contribution in [3.8, 4) is 17.1 Å². The summed E-state index contributed by atoms with van der Waals surface area (Å²) in [6, 6.07) is 13.2. The number of carbonyl (C=O) groups is 3. The molecule has 274 valence electrons. The number of phenolic OH excluding ortho intramolecular Hbond substituents is 1. The minimum Gasteiger partial charge on any atom is -0.507 e. The Morgan fingerprint density at radius 3 is 2.06 bits per heavy atom. The van der Waals surface area contributed by atoms with E-state index in [-0.39, 0.29) is 35.9 Å². The molecule has 3 aliphatic heterocycles. The third-order valence-corrected chi connectivity index (χ3v) is 10.4. The molecule has 6 rings (SSSR count). The zero-order valence-corrected chi connectivity index (χ0v) is 29.8. The molecule has 14 heteroatoms. The quantitative estimate of drug-likeness (QED) is 0.358. The lowest BCUT2D eigenvalue weighted by Gasteiger charge is -2.43. The number of piperidine rings is 2. The number of hydrogen-bond acceptors (Lipinski definition) is 9. The lowest BCUT2D eigenvalue weighted by molar-refractivity contribution is -0.142. The Bertz CT molecular complexity index is 1710. The molecule has 0 saturated carbocycles. The molecule has 1 atom stereocenters. The van der Waals surface area contributed by atoms with Gasteiger partial charge < -0.3 is 29.3 Å². The summed E-state index contributed by atoms with van der Waals surface area (Å²) < 4.78 is 12.6. The van der Waals surface area contributed by atoms with Crippen LogP contribution in [0.2, 0.25) is 0 Å². The fourth-order valence-electron chi connectivity index (χ4n) is 7.50. The number of nitrogens with one attached hydrogen (secondary N) is 1. The topological polar surface area (TPSA) is 154 Å². The van der Waals surface area contributed by atoms with E-state index < -0.39 is 12.2 Å². The molecule has 0 radical (unpaired) electrons. The van der Waals surface area contributed by atoms with Gasteiger partial charge in [-0.1, -0.05) is 42.5 Å². The Kier molecular flexibility index (Phi) is 11.3. The average molecular weight is 704 g/mol. The smallest absolute Gasteiger partial charge is 0.410 e. The summed E-state index contributed by atoms with van der Waals surface area (Å²) >= 11 is 0. The Morgan fingerprint density at radius 1 is 0.843 bits per heavy atom. The summed E-state index contributed by atoms with van der Waals surface area (Å²) in [7, 11) is 0. The van der Waals surface area contributed by atoms with Crippen molar-refractivity contribution >= 4 is 18.1 Å². The maximum atomic E-state index is 14.1. The number of rotatable bonds is 8. The number of aromatic hydroxyl groups is 1. The molecule has 1 aromatic heterocycles. The summed E-state index contributed by atoms with van der Waals surface area (Å²) in [6.45, 7) is 10.3. The van der Waals surface area contributed by atoms with Crippen molar-refractivity contribution in [2.45, 2.75) is 71.1 Å². The first-order valence-corrected chi connectivity index (χ1v) is 18.0. The highest BCUT2D eigenvalue weighted by molar-refractivity contribution is 5.84. The standard InChI is InChI=1S/C37H49N7O7/c1-4-50-36(48)43-20-18-40(19-21-43)29-10-14-41(15-11-29)34(46)31(24-27-22-25(2)32(45)26(3)23-27)51-37(49)42-16-12-30(13-17-42)44-35(47)38-33(39-44)28-8-6-5-7-9-28/h5-9,22-23,29-31,45H,4,10-21,24H2,1-3H3,(H,38,39,47)/t31-/m1/s1. The molecule has 3 aromatic rings. The van der Waals surface area contributed by atoms with Crippen LogP contribution in [0.1, 0.15) is 55.3 Å². The highest BCUT2D eigenvalue weighted by Crippen LogP contribution is 2.27. The summed E-state index contributed by atoms with van der Waals surface area (Å²) in [5, 5.41) is 14.9. The van der Waals surface area contributed by atoms with Crippen LogP contribution in [0.3, 0.4) is 0 Å². The second-order valence-corrected chi connectivity index (χ2v) is 13.7. The van der Waals surface area contributed by atoms with Gasteiger partial charge >= 0.3 is 17.9 Å². The monoisotopic (exact) mass is 703 g/mol.